The second-order valence-corrected chi connectivity index (χ2v) is 6.57. The van der Waals surface area contributed by atoms with Crippen LogP contribution in [0.15, 0.2) is 12.7 Å². The number of alkyl halides is 2. The van der Waals surface area contributed by atoms with E-state index in [-0.39, 0.29) is 24.3 Å². The largest absolute Gasteiger partial charge is 0.446 e. The molecule has 126 valence electrons. The Morgan fingerprint density at radius 2 is 1.73 bits per heavy atom. The van der Waals surface area contributed by atoms with Crippen LogP contribution in [0.2, 0.25) is 0 Å². The van der Waals surface area contributed by atoms with Crippen molar-refractivity contribution in [2.45, 2.75) is 24.5 Å². The van der Waals surface area contributed by atoms with Gasteiger partial charge < -0.3 is 10.6 Å². The lowest BCUT2D eigenvalue weighted by Gasteiger charge is -2.21. The summed E-state index contributed by atoms with van der Waals surface area (Å²) < 4.78 is 55.4. The molecule has 1 fully saturated rings. The number of carbonyl (C=O) groups is 2. The first-order valence-corrected chi connectivity index (χ1v) is 8.07. The molecule has 2 amide bonds. The highest BCUT2D eigenvalue weighted by atomic mass is 32.2. The Morgan fingerprint density at radius 3 is 2.18 bits per heavy atom. The van der Waals surface area contributed by atoms with Crippen LogP contribution in [-0.4, -0.2) is 43.1 Å². The number of rotatable bonds is 7. The van der Waals surface area contributed by atoms with E-state index in [1.807, 2.05) is 5.32 Å². The Bertz CT molecular complexity index is 550. The van der Waals surface area contributed by atoms with Gasteiger partial charge in [-0.25, -0.2) is 0 Å². The van der Waals surface area contributed by atoms with Gasteiger partial charge in [0, 0.05) is 13.1 Å². The van der Waals surface area contributed by atoms with Crippen LogP contribution in [0, 0.1) is 11.8 Å². The van der Waals surface area contributed by atoms with Crippen LogP contribution in [0.1, 0.15) is 19.3 Å². The molecule has 2 atom stereocenters. The summed E-state index contributed by atoms with van der Waals surface area (Å²) in [5, 5.41) is -0.442. The summed E-state index contributed by atoms with van der Waals surface area (Å²) >= 11 is 0. The minimum atomic E-state index is -5.80. The van der Waals surface area contributed by atoms with Gasteiger partial charge >= 0.3 is 21.3 Å². The molecule has 3 N–H and O–H groups in total. The lowest BCUT2D eigenvalue weighted by molar-refractivity contribution is -0.136. The van der Waals surface area contributed by atoms with Crippen molar-refractivity contribution < 1.29 is 31.3 Å². The van der Waals surface area contributed by atoms with Gasteiger partial charge in [0.25, 0.3) is 0 Å². The number of halogens is 2. The van der Waals surface area contributed by atoms with Gasteiger partial charge in [-0.2, -0.15) is 17.2 Å². The van der Waals surface area contributed by atoms with Crippen LogP contribution < -0.4 is 10.6 Å². The minimum Gasteiger partial charge on any atom is -0.352 e. The Balaban J connectivity index is 2.54. The van der Waals surface area contributed by atoms with Gasteiger partial charge in [0.1, 0.15) is 0 Å². The monoisotopic (exact) mass is 340 g/mol. The fourth-order valence-corrected chi connectivity index (χ4v) is 2.71. The molecule has 10 heteroatoms. The van der Waals surface area contributed by atoms with Crippen molar-refractivity contribution in [1.82, 2.24) is 10.6 Å². The molecular weight excluding hydrogens is 322 g/mol. The molecule has 0 spiro atoms. The highest BCUT2D eigenvalue weighted by molar-refractivity contribution is 7.87. The molecule has 0 aromatic rings. The third-order valence-corrected chi connectivity index (χ3v) is 4.49. The van der Waals surface area contributed by atoms with Gasteiger partial charge in [-0.1, -0.05) is 13.0 Å². The summed E-state index contributed by atoms with van der Waals surface area (Å²) in [6.07, 6.45) is 3.33. The highest BCUT2D eigenvalue weighted by Gasteiger charge is 2.52. The number of nitrogens with one attached hydrogen (secondary N) is 2. The zero-order chi connectivity index (χ0) is 17.0. The number of carbonyl (C=O) groups excluding carboxylic acids is 2. The fourth-order valence-electron chi connectivity index (χ4n) is 2.40. The maximum atomic E-state index is 13.1. The summed E-state index contributed by atoms with van der Waals surface area (Å²) in [7, 11) is -5.80. The van der Waals surface area contributed by atoms with Crippen molar-refractivity contribution in [3.63, 3.8) is 0 Å². The molecule has 0 aromatic carbocycles. The molecule has 1 saturated carbocycles. The van der Waals surface area contributed by atoms with Crippen molar-refractivity contribution in [3.8, 4) is 0 Å². The van der Waals surface area contributed by atoms with E-state index in [0.717, 1.165) is 18.9 Å². The number of hydrogen-bond donors (Lipinski definition) is 3. The molecule has 0 radical (unpaired) electrons. The summed E-state index contributed by atoms with van der Waals surface area (Å²) in [6, 6.07) is 0. The van der Waals surface area contributed by atoms with E-state index in [2.05, 4.69) is 11.9 Å². The topological polar surface area (TPSA) is 113 Å². The first-order valence-electron chi connectivity index (χ1n) is 6.63. The zero-order valence-corrected chi connectivity index (χ0v) is 12.5. The molecule has 0 saturated heterocycles. The van der Waals surface area contributed by atoms with E-state index in [1.165, 1.54) is 0 Å². The third kappa shape index (κ3) is 4.47. The molecule has 2 unspecified atom stereocenters. The van der Waals surface area contributed by atoms with Gasteiger partial charge in [-0.15, -0.1) is 0 Å². The maximum absolute atomic E-state index is 13.1. The van der Waals surface area contributed by atoms with Crippen molar-refractivity contribution >= 4 is 21.9 Å². The fraction of sp³-hybridized carbons (Fsp3) is 0.667. The summed E-state index contributed by atoms with van der Waals surface area (Å²) in [5.74, 6) is -2.59. The van der Waals surface area contributed by atoms with Gasteiger partial charge in [-0.05, 0) is 30.8 Å². The van der Waals surface area contributed by atoms with Gasteiger partial charge in [0.15, 0.2) is 0 Å². The molecule has 0 aromatic heterocycles. The van der Waals surface area contributed by atoms with Crippen LogP contribution in [0.5, 0.6) is 0 Å². The molecule has 0 aliphatic heterocycles. The minimum absolute atomic E-state index is 0.0106. The van der Waals surface area contributed by atoms with Crippen molar-refractivity contribution in [3.05, 3.63) is 12.7 Å². The normalized spacial score (nSPS) is 22.1. The Labute approximate surface area is 126 Å². The SMILES string of the molecule is C=CC(=O)NCC1CCCC1CNC(=O)C(F)(F)S(=O)(=O)O. The van der Waals surface area contributed by atoms with Crippen LogP contribution >= 0.6 is 0 Å². The second kappa shape index (κ2) is 7.14. The number of hydrogen-bond acceptors (Lipinski definition) is 4. The third-order valence-electron chi connectivity index (χ3n) is 3.65. The van der Waals surface area contributed by atoms with Crippen LogP contribution in [0.3, 0.4) is 0 Å². The van der Waals surface area contributed by atoms with Gasteiger partial charge in [-0.3, -0.25) is 14.1 Å². The van der Waals surface area contributed by atoms with E-state index in [9.17, 15) is 26.8 Å². The Kier molecular flexibility index (Phi) is 6.00. The zero-order valence-electron chi connectivity index (χ0n) is 11.7. The summed E-state index contributed by atoms with van der Waals surface area (Å²) in [6.45, 7) is 3.47. The molecule has 22 heavy (non-hydrogen) atoms. The van der Waals surface area contributed by atoms with Crippen LogP contribution in [0.4, 0.5) is 8.78 Å². The first-order chi connectivity index (χ1) is 10.1. The average Bonchev–Trinajstić information content (AvgIpc) is 2.88. The second-order valence-electron chi connectivity index (χ2n) is 5.10. The molecule has 7 nitrogen and oxygen atoms in total. The van der Waals surface area contributed by atoms with E-state index in [1.54, 1.807) is 0 Å². The predicted molar refractivity (Wildman–Crippen MR) is 73.5 cm³/mol. The van der Waals surface area contributed by atoms with Crippen molar-refractivity contribution in [1.29, 1.82) is 0 Å². The van der Waals surface area contributed by atoms with Crippen LogP contribution in [-0.2, 0) is 19.7 Å². The molecule has 1 aliphatic rings. The van der Waals surface area contributed by atoms with Gasteiger partial charge in [0.2, 0.25) is 5.91 Å². The molecule has 0 bridgehead atoms. The number of amides is 2. The quantitative estimate of drug-likeness (QED) is 0.456. The Morgan fingerprint density at radius 1 is 1.23 bits per heavy atom. The van der Waals surface area contributed by atoms with E-state index in [0.29, 0.717) is 13.0 Å². The Hall–Kier alpha value is -1.55. The lowest BCUT2D eigenvalue weighted by atomic mass is 9.96. The molecular formula is C12H18F2N2O5S. The smallest absolute Gasteiger partial charge is 0.352 e. The van der Waals surface area contributed by atoms with Crippen molar-refractivity contribution in [2.24, 2.45) is 11.8 Å². The maximum Gasteiger partial charge on any atom is 0.446 e. The predicted octanol–water partition coefficient (Wildman–Crippen LogP) is 0.302. The van der Waals surface area contributed by atoms with Gasteiger partial charge in [0.05, 0.1) is 0 Å². The standard InChI is InChI=1S/C12H18F2N2O5S/c1-2-10(17)15-6-8-4-3-5-9(8)7-16-11(18)12(13,14)22(19,20)21/h2,8-9H,1,3-7H2,(H,15,17)(H,16,18)(H,19,20,21). The molecule has 0 heterocycles. The van der Waals surface area contributed by atoms with E-state index in [4.69, 9.17) is 4.55 Å². The first kappa shape index (κ1) is 18.5. The highest BCUT2D eigenvalue weighted by Crippen LogP contribution is 2.31. The summed E-state index contributed by atoms with van der Waals surface area (Å²) in [5.41, 5.74) is 0. The lowest BCUT2D eigenvalue weighted by Crippen LogP contribution is -2.47. The molecule has 1 rings (SSSR count). The summed E-state index contributed by atoms with van der Waals surface area (Å²) in [4.78, 5) is 22.3. The molecule has 1 aliphatic carbocycles. The van der Waals surface area contributed by atoms with Crippen LogP contribution in [0.25, 0.3) is 0 Å². The van der Waals surface area contributed by atoms with E-state index < -0.39 is 21.3 Å². The average molecular weight is 340 g/mol. The van der Waals surface area contributed by atoms with Crippen molar-refractivity contribution in [2.75, 3.05) is 13.1 Å². The van der Waals surface area contributed by atoms with E-state index >= 15 is 0 Å².